The number of nitrogens with one attached hydrogen (secondary N) is 1. The molecule has 0 radical (unpaired) electrons. The highest BCUT2D eigenvalue weighted by molar-refractivity contribution is 7.92. The summed E-state index contributed by atoms with van der Waals surface area (Å²) in [6, 6.07) is 21.4. The average molecular weight is 580 g/mol. The minimum atomic E-state index is -3.83. The van der Waals surface area contributed by atoms with Crippen molar-refractivity contribution in [2.75, 3.05) is 17.1 Å². The summed E-state index contributed by atoms with van der Waals surface area (Å²) in [7, 11) is -3.83. The lowest BCUT2D eigenvalue weighted by molar-refractivity contribution is -0.140. The summed E-state index contributed by atoms with van der Waals surface area (Å²) in [5, 5.41) is 3.13. The van der Waals surface area contributed by atoms with Gasteiger partial charge in [0.2, 0.25) is 21.8 Å². The Hall–Kier alpha value is -3.72. The van der Waals surface area contributed by atoms with Crippen LogP contribution in [0.3, 0.4) is 0 Å². The molecule has 1 fully saturated rings. The monoisotopic (exact) mass is 579 g/mol. The molecule has 1 atom stereocenters. The minimum Gasteiger partial charge on any atom is -0.352 e. The molecule has 3 aromatic rings. The first-order chi connectivity index (χ1) is 19.6. The number of benzene rings is 3. The first-order valence-electron chi connectivity index (χ1n) is 14.1. The zero-order chi connectivity index (χ0) is 29.4. The standard InChI is InChI=1S/C32H38FN3O4S/c1-3-24-15-19-29(20-16-24)36(41(2,39)40)23-31(37)35(22-26-13-17-27(33)18-14-26)30(21-25-9-5-4-6-10-25)32(38)34-28-11-7-8-12-28/h4-6,9-10,13-20,28,30H,3,7-8,11-12,21-23H2,1-2H3,(H,34,38). The van der Waals surface area contributed by atoms with Crippen molar-refractivity contribution < 1.29 is 22.4 Å². The Morgan fingerprint density at radius 2 is 1.51 bits per heavy atom. The van der Waals surface area contributed by atoms with E-state index in [1.54, 1.807) is 24.3 Å². The van der Waals surface area contributed by atoms with Crippen molar-refractivity contribution >= 4 is 27.5 Å². The number of carbonyl (C=O) groups is 2. The summed E-state index contributed by atoms with van der Waals surface area (Å²) < 4.78 is 40.6. The van der Waals surface area contributed by atoms with E-state index in [1.807, 2.05) is 49.4 Å². The summed E-state index contributed by atoms with van der Waals surface area (Å²) in [6.07, 6.45) is 5.93. The number of nitrogens with zero attached hydrogens (tertiary/aromatic N) is 2. The van der Waals surface area contributed by atoms with Gasteiger partial charge in [-0.15, -0.1) is 0 Å². The Balaban J connectivity index is 1.71. The van der Waals surface area contributed by atoms with Crippen LogP contribution < -0.4 is 9.62 Å². The van der Waals surface area contributed by atoms with Gasteiger partial charge in [-0.2, -0.15) is 0 Å². The Labute approximate surface area is 242 Å². The second kappa shape index (κ2) is 13.8. The molecule has 1 aliphatic carbocycles. The molecule has 0 saturated heterocycles. The van der Waals surface area contributed by atoms with Gasteiger partial charge < -0.3 is 10.2 Å². The molecule has 1 N–H and O–H groups in total. The van der Waals surface area contributed by atoms with Gasteiger partial charge in [-0.05, 0) is 60.2 Å². The highest BCUT2D eigenvalue weighted by atomic mass is 32.2. The lowest BCUT2D eigenvalue weighted by Crippen LogP contribution is -2.54. The maximum atomic E-state index is 14.1. The molecule has 1 aliphatic rings. The Bertz CT molecular complexity index is 1410. The zero-order valence-electron chi connectivity index (χ0n) is 23.6. The van der Waals surface area contributed by atoms with Crippen LogP contribution in [0.15, 0.2) is 78.9 Å². The molecule has 9 heteroatoms. The summed E-state index contributed by atoms with van der Waals surface area (Å²) in [4.78, 5) is 29.4. The van der Waals surface area contributed by atoms with Gasteiger partial charge in [0.15, 0.2) is 0 Å². The first kappa shape index (κ1) is 30.2. The summed E-state index contributed by atoms with van der Waals surface area (Å²) in [5.74, 6) is -1.22. The molecule has 0 aromatic heterocycles. The highest BCUT2D eigenvalue weighted by Crippen LogP contribution is 2.23. The number of amides is 2. The third-order valence-electron chi connectivity index (χ3n) is 7.55. The van der Waals surface area contributed by atoms with Gasteiger partial charge in [-0.1, -0.05) is 74.4 Å². The molecular weight excluding hydrogens is 541 g/mol. The number of halogens is 1. The fourth-order valence-corrected chi connectivity index (χ4v) is 6.07. The molecule has 0 spiro atoms. The molecule has 41 heavy (non-hydrogen) atoms. The number of carbonyl (C=O) groups excluding carboxylic acids is 2. The molecule has 0 heterocycles. The predicted molar refractivity (Wildman–Crippen MR) is 159 cm³/mol. The molecular formula is C32H38FN3O4S. The molecule has 0 bridgehead atoms. The lowest BCUT2D eigenvalue weighted by atomic mass is 10.0. The molecule has 1 unspecified atom stereocenters. The van der Waals surface area contributed by atoms with Crippen molar-refractivity contribution in [2.24, 2.45) is 0 Å². The fraction of sp³-hybridized carbons (Fsp3) is 0.375. The maximum Gasteiger partial charge on any atom is 0.244 e. The van der Waals surface area contributed by atoms with Gasteiger partial charge in [-0.25, -0.2) is 12.8 Å². The SMILES string of the molecule is CCc1ccc(N(CC(=O)N(Cc2ccc(F)cc2)C(Cc2ccccc2)C(=O)NC2CCCC2)S(C)(=O)=O)cc1. The number of rotatable bonds is 12. The fourth-order valence-electron chi connectivity index (χ4n) is 5.22. The van der Waals surface area contributed by atoms with Crippen LogP contribution in [-0.4, -0.2) is 50.0 Å². The second-order valence-corrected chi connectivity index (χ2v) is 12.5. The normalized spacial score (nSPS) is 14.4. The van der Waals surface area contributed by atoms with Gasteiger partial charge in [0.05, 0.1) is 11.9 Å². The third kappa shape index (κ3) is 8.39. The highest BCUT2D eigenvalue weighted by Gasteiger charge is 2.34. The van der Waals surface area contributed by atoms with Crippen molar-refractivity contribution in [1.29, 1.82) is 0 Å². The van der Waals surface area contributed by atoms with Gasteiger partial charge in [0, 0.05) is 19.0 Å². The van der Waals surface area contributed by atoms with E-state index in [1.165, 1.54) is 17.0 Å². The molecule has 2 amide bonds. The predicted octanol–water partition coefficient (Wildman–Crippen LogP) is 4.85. The van der Waals surface area contributed by atoms with Crippen LogP contribution in [0.4, 0.5) is 10.1 Å². The Morgan fingerprint density at radius 3 is 2.10 bits per heavy atom. The second-order valence-electron chi connectivity index (χ2n) is 10.6. The lowest BCUT2D eigenvalue weighted by Gasteiger charge is -2.34. The molecule has 1 saturated carbocycles. The van der Waals surface area contributed by atoms with E-state index in [2.05, 4.69) is 5.32 Å². The smallest absolute Gasteiger partial charge is 0.244 e. The van der Waals surface area contributed by atoms with Crippen molar-refractivity contribution in [1.82, 2.24) is 10.2 Å². The summed E-state index contributed by atoms with van der Waals surface area (Å²) >= 11 is 0. The quantitative estimate of drug-likeness (QED) is 0.332. The maximum absolute atomic E-state index is 14.1. The van der Waals surface area contributed by atoms with Gasteiger partial charge in [-0.3, -0.25) is 13.9 Å². The van der Waals surface area contributed by atoms with Crippen molar-refractivity contribution in [3.8, 4) is 0 Å². The van der Waals surface area contributed by atoms with E-state index in [-0.39, 0.29) is 24.9 Å². The van der Waals surface area contributed by atoms with Crippen LogP contribution in [0.5, 0.6) is 0 Å². The van der Waals surface area contributed by atoms with Gasteiger partial charge in [0.25, 0.3) is 0 Å². The molecule has 7 nitrogen and oxygen atoms in total. The number of hydrogen-bond acceptors (Lipinski definition) is 4. The average Bonchev–Trinajstić information content (AvgIpc) is 3.47. The van der Waals surface area contributed by atoms with Gasteiger partial charge >= 0.3 is 0 Å². The summed E-state index contributed by atoms with van der Waals surface area (Å²) in [5.41, 5.74) is 2.91. The van der Waals surface area contributed by atoms with Crippen LogP contribution in [0.25, 0.3) is 0 Å². The third-order valence-corrected chi connectivity index (χ3v) is 8.69. The zero-order valence-corrected chi connectivity index (χ0v) is 24.4. The van der Waals surface area contributed by atoms with Crippen LogP contribution in [0.1, 0.15) is 49.3 Å². The molecule has 0 aliphatic heterocycles. The van der Waals surface area contributed by atoms with E-state index >= 15 is 0 Å². The van der Waals surface area contributed by atoms with Crippen molar-refractivity contribution in [3.05, 3.63) is 101 Å². The van der Waals surface area contributed by atoms with Crippen molar-refractivity contribution in [3.63, 3.8) is 0 Å². The minimum absolute atomic E-state index is 0.0150. The molecule has 4 rings (SSSR count). The van der Waals surface area contributed by atoms with Crippen LogP contribution in [0.2, 0.25) is 0 Å². The Morgan fingerprint density at radius 1 is 0.902 bits per heavy atom. The van der Waals surface area contributed by atoms with E-state index in [0.717, 1.165) is 53.8 Å². The van der Waals surface area contributed by atoms with E-state index < -0.39 is 34.3 Å². The number of aryl methyl sites for hydroxylation is 1. The Kier molecular flexibility index (Phi) is 10.2. The van der Waals surface area contributed by atoms with E-state index in [4.69, 9.17) is 0 Å². The molecule has 218 valence electrons. The van der Waals surface area contributed by atoms with Crippen LogP contribution >= 0.6 is 0 Å². The van der Waals surface area contributed by atoms with Gasteiger partial charge in [0.1, 0.15) is 18.4 Å². The largest absolute Gasteiger partial charge is 0.352 e. The number of sulfonamides is 1. The van der Waals surface area contributed by atoms with E-state index in [9.17, 15) is 22.4 Å². The molecule has 3 aromatic carbocycles. The number of hydrogen-bond donors (Lipinski definition) is 1. The first-order valence-corrected chi connectivity index (χ1v) is 15.9. The van der Waals surface area contributed by atoms with Crippen molar-refractivity contribution in [2.45, 2.75) is 64.1 Å². The van der Waals surface area contributed by atoms with Crippen LogP contribution in [0, 0.1) is 5.82 Å². The summed E-state index contributed by atoms with van der Waals surface area (Å²) in [6.45, 7) is 1.54. The topological polar surface area (TPSA) is 86.8 Å². The van der Waals surface area contributed by atoms with E-state index in [0.29, 0.717) is 11.3 Å². The van der Waals surface area contributed by atoms with Crippen LogP contribution in [-0.2, 0) is 39.0 Å². The number of anilines is 1.